The molecule has 0 spiro atoms. The van der Waals surface area contributed by atoms with E-state index in [1.165, 1.54) is 0 Å². The van der Waals surface area contributed by atoms with Crippen molar-refractivity contribution >= 4 is 5.97 Å². The Kier molecular flexibility index (Phi) is 4.36. The van der Waals surface area contributed by atoms with E-state index < -0.39 is 0 Å². The fourth-order valence-electron chi connectivity index (χ4n) is 1.15. The third-order valence-electron chi connectivity index (χ3n) is 1.94. The lowest BCUT2D eigenvalue weighted by molar-refractivity contribution is -0.152. The molecule has 1 unspecified atom stereocenters. The summed E-state index contributed by atoms with van der Waals surface area (Å²) in [5.41, 5.74) is 0. The molecule has 0 bridgehead atoms. The van der Waals surface area contributed by atoms with Crippen LogP contribution in [0, 0.1) is 0 Å². The van der Waals surface area contributed by atoms with E-state index in [0.717, 1.165) is 19.3 Å². The maximum Gasteiger partial charge on any atom is 0.347 e. The highest BCUT2D eigenvalue weighted by atomic mass is 16.6. The Morgan fingerprint density at radius 3 is 3.08 bits per heavy atom. The Morgan fingerprint density at radius 2 is 2.46 bits per heavy atom. The van der Waals surface area contributed by atoms with Gasteiger partial charge < -0.3 is 9.47 Å². The molecular formula is C10H16O3. The Hall–Kier alpha value is -0.990. The highest BCUT2D eigenvalue weighted by molar-refractivity contribution is 5.75. The van der Waals surface area contributed by atoms with E-state index in [-0.39, 0.29) is 12.1 Å². The van der Waals surface area contributed by atoms with E-state index in [4.69, 9.17) is 9.47 Å². The number of hydrogen-bond acceptors (Lipinski definition) is 3. The number of unbranched alkanes of at least 4 members (excludes halogenated alkanes) is 2. The highest BCUT2D eigenvalue weighted by Crippen LogP contribution is 2.10. The van der Waals surface area contributed by atoms with Crippen molar-refractivity contribution in [2.45, 2.75) is 38.7 Å². The van der Waals surface area contributed by atoms with Crippen molar-refractivity contribution in [3.8, 4) is 0 Å². The monoisotopic (exact) mass is 184 g/mol. The van der Waals surface area contributed by atoms with E-state index in [1.54, 1.807) is 6.26 Å². The van der Waals surface area contributed by atoms with Gasteiger partial charge in [0, 0.05) is 6.42 Å². The molecule has 0 N–H and O–H groups in total. The molecule has 0 aromatic heterocycles. The van der Waals surface area contributed by atoms with Crippen LogP contribution in [0.4, 0.5) is 0 Å². The minimum atomic E-state index is -0.387. The average molecular weight is 184 g/mol. The molecule has 0 saturated heterocycles. The summed E-state index contributed by atoms with van der Waals surface area (Å²) in [6, 6.07) is 0. The molecule has 74 valence electrons. The largest absolute Gasteiger partial charge is 0.486 e. The van der Waals surface area contributed by atoms with Crippen LogP contribution < -0.4 is 0 Å². The molecule has 0 fully saturated rings. The molecule has 0 amide bonds. The summed E-state index contributed by atoms with van der Waals surface area (Å²) in [6.45, 7) is 2.64. The summed E-state index contributed by atoms with van der Waals surface area (Å²) in [4.78, 5) is 11.2. The predicted molar refractivity (Wildman–Crippen MR) is 49.1 cm³/mol. The van der Waals surface area contributed by atoms with E-state index in [1.807, 2.05) is 6.08 Å². The second-order valence-corrected chi connectivity index (χ2v) is 3.11. The van der Waals surface area contributed by atoms with Gasteiger partial charge in [-0.1, -0.05) is 19.8 Å². The predicted octanol–water partition coefficient (Wildman–Crippen LogP) is 2.02. The molecule has 0 aromatic carbocycles. The van der Waals surface area contributed by atoms with Gasteiger partial charge >= 0.3 is 5.97 Å². The standard InChI is InChI=1S/C10H16O3/c1-2-3-4-7-13-10(11)9-6-5-8-12-9/h5,8-9H,2-4,6-7H2,1H3. The van der Waals surface area contributed by atoms with E-state index >= 15 is 0 Å². The SMILES string of the molecule is CCCCCOC(=O)C1CC=CO1. The first-order valence-electron chi connectivity index (χ1n) is 4.81. The van der Waals surface area contributed by atoms with Crippen LogP contribution in [0.5, 0.6) is 0 Å². The fraction of sp³-hybridized carbons (Fsp3) is 0.700. The van der Waals surface area contributed by atoms with Crippen LogP contribution >= 0.6 is 0 Å². The number of rotatable bonds is 5. The second kappa shape index (κ2) is 5.62. The van der Waals surface area contributed by atoms with Crippen LogP contribution in [0.2, 0.25) is 0 Å². The lowest BCUT2D eigenvalue weighted by Crippen LogP contribution is -2.22. The van der Waals surface area contributed by atoms with E-state index in [9.17, 15) is 4.79 Å². The lowest BCUT2D eigenvalue weighted by Gasteiger charge is -2.09. The Morgan fingerprint density at radius 1 is 1.62 bits per heavy atom. The normalized spacial score (nSPS) is 19.9. The van der Waals surface area contributed by atoms with Gasteiger partial charge in [0.15, 0.2) is 6.10 Å². The van der Waals surface area contributed by atoms with Crippen LogP contribution in [0.1, 0.15) is 32.6 Å². The molecule has 0 aromatic rings. The van der Waals surface area contributed by atoms with Gasteiger partial charge in [-0.05, 0) is 12.5 Å². The molecule has 3 nitrogen and oxygen atoms in total. The molecule has 13 heavy (non-hydrogen) atoms. The van der Waals surface area contributed by atoms with Crippen LogP contribution in [-0.4, -0.2) is 18.7 Å². The van der Waals surface area contributed by atoms with Crippen LogP contribution in [0.3, 0.4) is 0 Å². The Bertz CT molecular complexity index is 179. The first-order valence-corrected chi connectivity index (χ1v) is 4.81. The third kappa shape index (κ3) is 3.49. The van der Waals surface area contributed by atoms with Gasteiger partial charge in [0.25, 0.3) is 0 Å². The van der Waals surface area contributed by atoms with Crippen molar-refractivity contribution < 1.29 is 14.3 Å². The zero-order valence-electron chi connectivity index (χ0n) is 7.99. The van der Waals surface area contributed by atoms with Crippen molar-refractivity contribution in [1.82, 2.24) is 0 Å². The van der Waals surface area contributed by atoms with Crippen molar-refractivity contribution in [2.24, 2.45) is 0 Å². The van der Waals surface area contributed by atoms with Gasteiger partial charge in [-0.15, -0.1) is 0 Å². The van der Waals surface area contributed by atoms with E-state index in [0.29, 0.717) is 13.0 Å². The number of esters is 1. The number of ether oxygens (including phenoxy) is 2. The molecule has 3 heteroatoms. The molecule has 1 rings (SSSR count). The number of carbonyl (C=O) groups excluding carboxylic acids is 1. The first kappa shape index (κ1) is 10.1. The molecule has 1 aliphatic heterocycles. The molecule has 0 radical (unpaired) electrons. The van der Waals surface area contributed by atoms with Crippen molar-refractivity contribution in [2.75, 3.05) is 6.61 Å². The Labute approximate surface area is 78.7 Å². The van der Waals surface area contributed by atoms with Gasteiger partial charge in [0.05, 0.1) is 12.9 Å². The number of carbonyl (C=O) groups is 1. The summed E-state index contributed by atoms with van der Waals surface area (Å²) in [7, 11) is 0. The molecular weight excluding hydrogens is 168 g/mol. The Balaban J connectivity index is 2.04. The van der Waals surface area contributed by atoms with Gasteiger partial charge in [-0.2, -0.15) is 0 Å². The topological polar surface area (TPSA) is 35.5 Å². The van der Waals surface area contributed by atoms with Crippen molar-refractivity contribution in [1.29, 1.82) is 0 Å². The molecule has 1 atom stereocenters. The maximum absolute atomic E-state index is 11.2. The summed E-state index contributed by atoms with van der Waals surface area (Å²) in [5.74, 6) is -0.235. The minimum Gasteiger partial charge on any atom is -0.486 e. The molecule has 1 heterocycles. The van der Waals surface area contributed by atoms with Crippen LogP contribution in [0.15, 0.2) is 12.3 Å². The minimum absolute atomic E-state index is 0.235. The summed E-state index contributed by atoms with van der Waals surface area (Å²) >= 11 is 0. The van der Waals surface area contributed by atoms with Gasteiger partial charge in [0.2, 0.25) is 0 Å². The zero-order chi connectivity index (χ0) is 9.52. The fourth-order valence-corrected chi connectivity index (χ4v) is 1.15. The smallest absolute Gasteiger partial charge is 0.347 e. The molecule has 1 aliphatic rings. The van der Waals surface area contributed by atoms with Gasteiger partial charge in [0.1, 0.15) is 0 Å². The maximum atomic E-state index is 11.2. The van der Waals surface area contributed by atoms with Crippen molar-refractivity contribution in [3.05, 3.63) is 12.3 Å². The van der Waals surface area contributed by atoms with Crippen LogP contribution in [-0.2, 0) is 14.3 Å². The first-order chi connectivity index (χ1) is 6.34. The lowest BCUT2D eigenvalue weighted by atomic mass is 10.2. The van der Waals surface area contributed by atoms with Crippen LogP contribution in [0.25, 0.3) is 0 Å². The molecule has 0 saturated carbocycles. The molecule has 0 aliphatic carbocycles. The quantitative estimate of drug-likeness (QED) is 0.484. The third-order valence-corrected chi connectivity index (χ3v) is 1.94. The second-order valence-electron chi connectivity index (χ2n) is 3.11. The zero-order valence-corrected chi connectivity index (χ0v) is 7.99. The highest BCUT2D eigenvalue weighted by Gasteiger charge is 2.21. The average Bonchev–Trinajstić information content (AvgIpc) is 2.65. The van der Waals surface area contributed by atoms with Crippen molar-refractivity contribution in [3.63, 3.8) is 0 Å². The summed E-state index contributed by atoms with van der Waals surface area (Å²) in [5, 5.41) is 0. The summed E-state index contributed by atoms with van der Waals surface area (Å²) < 4.78 is 10.0. The van der Waals surface area contributed by atoms with Gasteiger partial charge in [-0.3, -0.25) is 0 Å². The van der Waals surface area contributed by atoms with Gasteiger partial charge in [-0.25, -0.2) is 4.79 Å². The van der Waals surface area contributed by atoms with E-state index in [2.05, 4.69) is 6.92 Å². The number of hydrogen-bond donors (Lipinski definition) is 0. The summed E-state index contributed by atoms with van der Waals surface area (Å²) in [6.07, 6.45) is 6.84.